The fourth-order valence-electron chi connectivity index (χ4n) is 1.42. The van der Waals surface area contributed by atoms with Crippen molar-refractivity contribution in [1.29, 1.82) is 0 Å². The molecule has 0 bridgehead atoms. The largest absolute Gasteiger partial charge is 0.384 e. The smallest absolute Gasteiger partial charge is 0.106 e. The third kappa shape index (κ3) is 1.27. The molecule has 64 valence electrons. The van der Waals surface area contributed by atoms with Crippen LogP contribution in [0.25, 0.3) is 0 Å². The normalized spacial score (nSPS) is 20.2. The summed E-state index contributed by atoms with van der Waals surface area (Å²) >= 11 is 3.31. The maximum atomic E-state index is 9.89. The van der Waals surface area contributed by atoms with Gasteiger partial charge in [-0.1, -0.05) is 0 Å². The average molecular weight is 228 g/mol. The van der Waals surface area contributed by atoms with Gasteiger partial charge in [0.2, 0.25) is 0 Å². The van der Waals surface area contributed by atoms with Crippen LogP contribution in [0.3, 0.4) is 0 Å². The Morgan fingerprint density at radius 1 is 1.42 bits per heavy atom. The number of hydrogen-bond donors (Lipinski definition) is 1. The van der Waals surface area contributed by atoms with E-state index in [-0.39, 0.29) is 0 Å². The topological polar surface area (TPSA) is 33.1 Å². The van der Waals surface area contributed by atoms with Gasteiger partial charge in [-0.3, -0.25) is 4.98 Å². The van der Waals surface area contributed by atoms with Gasteiger partial charge in [-0.05, 0) is 47.3 Å². The number of aromatic nitrogens is 1. The molecule has 3 heteroatoms. The van der Waals surface area contributed by atoms with Crippen molar-refractivity contribution in [3.8, 4) is 0 Å². The van der Waals surface area contributed by atoms with Gasteiger partial charge in [0.15, 0.2) is 0 Å². The Morgan fingerprint density at radius 3 is 2.58 bits per heavy atom. The summed E-state index contributed by atoms with van der Waals surface area (Å²) in [6.07, 6.45) is 4.53. The van der Waals surface area contributed by atoms with E-state index in [2.05, 4.69) is 20.9 Å². The van der Waals surface area contributed by atoms with E-state index in [0.29, 0.717) is 0 Å². The first-order valence-corrected chi connectivity index (χ1v) is 4.84. The zero-order valence-corrected chi connectivity index (χ0v) is 8.21. The average Bonchev–Trinajstić information content (AvgIpc) is 2.02. The molecule has 1 fully saturated rings. The van der Waals surface area contributed by atoms with Gasteiger partial charge in [-0.25, -0.2) is 0 Å². The molecule has 0 saturated heterocycles. The predicted molar refractivity (Wildman–Crippen MR) is 49.7 cm³/mol. The maximum Gasteiger partial charge on any atom is 0.106 e. The molecule has 2 rings (SSSR count). The van der Waals surface area contributed by atoms with Gasteiger partial charge in [0, 0.05) is 10.7 Å². The monoisotopic (exact) mass is 227 g/mol. The van der Waals surface area contributed by atoms with Crippen LogP contribution in [0.2, 0.25) is 0 Å². The molecule has 0 aliphatic heterocycles. The van der Waals surface area contributed by atoms with Crippen molar-refractivity contribution >= 4 is 15.9 Å². The summed E-state index contributed by atoms with van der Waals surface area (Å²) in [4.78, 5) is 4.18. The molecule has 0 atom stereocenters. The van der Waals surface area contributed by atoms with Crippen LogP contribution in [-0.4, -0.2) is 10.1 Å². The lowest BCUT2D eigenvalue weighted by molar-refractivity contribution is -0.0426. The molecule has 12 heavy (non-hydrogen) atoms. The van der Waals surface area contributed by atoms with Crippen molar-refractivity contribution in [1.82, 2.24) is 4.98 Å². The Hall–Kier alpha value is -0.410. The Balaban J connectivity index is 2.28. The second kappa shape index (κ2) is 2.82. The van der Waals surface area contributed by atoms with Crippen LogP contribution in [0.4, 0.5) is 0 Å². The Morgan fingerprint density at radius 2 is 2.17 bits per heavy atom. The van der Waals surface area contributed by atoms with Gasteiger partial charge in [-0.2, -0.15) is 0 Å². The van der Waals surface area contributed by atoms with Crippen molar-refractivity contribution in [2.75, 3.05) is 0 Å². The van der Waals surface area contributed by atoms with Crippen molar-refractivity contribution in [2.45, 2.75) is 24.9 Å². The molecule has 0 spiro atoms. The molecule has 1 aliphatic rings. The van der Waals surface area contributed by atoms with Crippen LogP contribution in [0, 0.1) is 0 Å². The summed E-state index contributed by atoms with van der Waals surface area (Å²) in [5.74, 6) is 0. The second-order valence-electron chi connectivity index (χ2n) is 3.25. The van der Waals surface area contributed by atoms with Gasteiger partial charge < -0.3 is 5.11 Å². The third-order valence-corrected chi connectivity index (χ3v) is 2.85. The summed E-state index contributed by atoms with van der Waals surface area (Å²) < 4.78 is 0.953. The van der Waals surface area contributed by atoms with E-state index in [0.717, 1.165) is 29.4 Å². The number of rotatable bonds is 1. The van der Waals surface area contributed by atoms with Gasteiger partial charge in [-0.15, -0.1) is 0 Å². The van der Waals surface area contributed by atoms with Crippen LogP contribution >= 0.6 is 15.9 Å². The lowest BCUT2D eigenvalue weighted by Gasteiger charge is -2.35. The molecule has 0 amide bonds. The Kier molecular flexibility index (Phi) is 1.93. The first-order valence-electron chi connectivity index (χ1n) is 4.05. The molecule has 1 aromatic heterocycles. The van der Waals surface area contributed by atoms with Crippen LogP contribution in [0.5, 0.6) is 0 Å². The van der Waals surface area contributed by atoms with E-state index in [1.165, 1.54) is 0 Å². The van der Waals surface area contributed by atoms with E-state index in [1.54, 1.807) is 6.20 Å². The maximum absolute atomic E-state index is 9.89. The van der Waals surface area contributed by atoms with Crippen molar-refractivity contribution in [2.24, 2.45) is 0 Å². The summed E-state index contributed by atoms with van der Waals surface area (Å²) in [6.45, 7) is 0. The number of aliphatic hydroxyl groups is 1. The van der Waals surface area contributed by atoms with E-state index < -0.39 is 5.60 Å². The van der Waals surface area contributed by atoms with Gasteiger partial charge >= 0.3 is 0 Å². The van der Waals surface area contributed by atoms with E-state index in [9.17, 15) is 5.11 Å². The summed E-state index contributed by atoms with van der Waals surface area (Å²) in [7, 11) is 0. The highest BCUT2D eigenvalue weighted by atomic mass is 79.9. The van der Waals surface area contributed by atoms with Crippen LogP contribution < -0.4 is 0 Å². The molecule has 1 aliphatic carbocycles. The molecular formula is C9H10BrNO. The Labute approximate surface area is 79.8 Å². The molecule has 1 saturated carbocycles. The predicted octanol–water partition coefficient (Wildman–Crippen LogP) is 2.22. The second-order valence-corrected chi connectivity index (χ2v) is 4.16. The molecule has 1 aromatic rings. The molecule has 0 radical (unpaired) electrons. The summed E-state index contributed by atoms with van der Waals surface area (Å²) in [5.41, 5.74) is 0.178. The van der Waals surface area contributed by atoms with Crippen LogP contribution in [0.15, 0.2) is 22.8 Å². The molecule has 0 aromatic carbocycles. The number of nitrogens with zero attached hydrogens (tertiary/aromatic N) is 1. The fraction of sp³-hybridized carbons (Fsp3) is 0.444. The standard InChI is InChI=1S/C9H10BrNO/c10-7-2-3-8(11-6-7)9(12)4-1-5-9/h2-3,6,12H,1,4-5H2. The third-order valence-electron chi connectivity index (χ3n) is 2.38. The first kappa shape index (κ1) is 8.20. The Bertz CT molecular complexity index is 279. The van der Waals surface area contributed by atoms with E-state index >= 15 is 0 Å². The number of halogens is 1. The van der Waals surface area contributed by atoms with E-state index in [4.69, 9.17) is 0 Å². The molecule has 1 N–H and O–H groups in total. The molecule has 0 unspecified atom stereocenters. The minimum Gasteiger partial charge on any atom is -0.384 e. The molecular weight excluding hydrogens is 218 g/mol. The molecule has 1 heterocycles. The highest BCUT2D eigenvalue weighted by Crippen LogP contribution is 2.39. The summed E-state index contributed by atoms with van der Waals surface area (Å²) in [5, 5.41) is 9.89. The quantitative estimate of drug-likeness (QED) is 0.799. The minimum atomic E-state index is -0.624. The number of hydrogen-bond acceptors (Lipinski definition) is 2. The first-order chi connectivity index (χ1) is 5.71. The van der Waals surface area contributed by atoms with Crippen LogP contribution in [0.1, 0.15) is 25.0 Å². The zero-order chi connectivity index (χ0) is 8.60. The fourth-order valence-corrected chi connectivity index (χ4v) is 1.65. The van der Waals surface area contributed by atoms with E-state index in [1.807, 2.05) is 12.1 Å². The SMILES string of the molecule is OC1(c2ccc(Br)cn2)CCC1. The zero-order valence-electron chi connectivity index (χ0n) is 6.63. The van der Waals surface area contributed by atoms with Crippen molar-refractivity contribution in [3.05, 3.63) is 28.5 Å². The van der Waals surface area contributed by atoms with Gasteiger partial charge in [0.1, 0.15) is 5.60 Å². The minimum absolute atomic E-state index is 0.624. The van der Waals surface area contributed by atoms with Gasteiger partial charge in [0.25, 0.3) is 0 Å². The van der Waals surface area contributed by atoms with Crippen molar-refractivity contribution in [3.63, 3.8) is 0 Å². The van der Waals surface area contributed by atoms with Crippen molar-refractivity contribution < 1.29 is 5.11 Å². The molecule has 2 nitrogen and oxygen atoms in total. The highest BCUT2D eigenvalue weighted by molar-refractivity contribution is 9.10. The number of pyridine rings is 1. The van der Waals surface area contributed by atoms with Crippen LogP contribution in [-0.2, 0) is 5.60 Å². The lowest BCUT2D eigenvalue weighted by Crippen LogP contribution is -2.34. The highest BCUT2D eigenvalue weighted by Gasteiger charge is 2.37. The summed E-state index contributed by atoms with van der Waals surface area (Å²) in [6, 6.07) is 3.79. The lowest BCUT2D eigenvalue weighted by atomic mass is 9.78. The van der Waals surface area contributed by atoms with Gasteiger partial charge in [0.05, 0.1) is 5.69 Å².